The molecule has 0 saturated carbocycles. The molecular formula is C18H31NO2. The molecule has 0 amide bonds. The Labute approximate surface area is 129 Å². The summed E-state index contributed by atoms with van der Waals surface area (Å²) in [6, 6.07) is 10.4. The van der Waals surface area contributed by atoms with Crippen LogP contribution >= 0.6 is 0 Å². The van der Waals surface area contributed by atoms with Crippen molar-refractivity contribution in [3.8, 4) is 0 Å². The summed E-state index contributed by atoms with van der Waals surface area (Å²) in [6.45, 7) is 13.3. The number of aliphatic hydroxyl groups excluding tert-OH is 1. The minimum atomic E-state index is -0.452. The summed E-state index contributed by atoms with van der Waals surface area (Å²) in [5.74, 6) is 0.574. The Morgan fingerprint density at radius 2 is 1.71 bits per heavy atom. The Morgan fingerprint density at radius 1 is 1.10 bits per heavy atom. The fourth-order valence-electron chi connectivity index (χ4n) is 2.26. The normalized spacial score (nSPS) is 13.9. The largest absolute Gasteiger partial charge is 0.389 e. The first-order chi connectivity index (χ1) is 9.76. The third-order valence-corrected chi connectivity index (χ3v) is 3.05. The van der Waals surface area contributed by atoms with Crippen molar-refractivity contribution in [2.45, 2.75) is 52.9 Å². The molecule has 120 valence electrons. The van der Waals surface area contributed by atoms with E-state index >= 15 is 0 Å². The van der Waals surface area contributed by atoms with Crippen LogP contribution in [0.15, 0.2) is 30.3 Å². The van der Waals surface area contributed by atoms with Gasteiger partial charge in [0.2, 0.25) is 0 Å². The lowest BCUT2D eigenvalue weighted by atomic mass is 10.1. The molecule has 0 fully saturated rings. The summed E-state index contributed by atoms with van der Waals surface area (Å²) in [6.07, 6.45) is -0.452. The Bertz CT molecular complexity index is 384. The van der Waals surface area contributed by atoms with Crippen LogP contribution in [0.3, 0.4) is 0 Å². The highest BCUT2D eigenvalue weighted by atomic mass is 16.5. The molecule has 0 unspecified atom stereocenters. The summed E-state index contributed by atoms with van der Waals surface area (Å²) >= 11 is 0. The Morgan fingerprint density at radius 3 is 2.24 bits per heavy atom. The third-order valence-electron chi connectivity index (χ3n) is 3.05. The predicted molar refractivity (Wildman–Crippen MR) is 88.3 cm³/mol. The standard InChI is InChI=1S/C18H31NO2/c1-15(2)11-19(12-16-9-7-6-8-10-16)13-17(20)14-21-18(3,4)5/h6-10,15,17,20H,11-14H2,1-5H3/t17-/m1/s1. The van der Waals surface area contributed by atoms with E-state index in [0.29, 0.717) is 19.1 Å². The first-order valence-corrected chi connectivity index (χ1v) is 7.84. The zero-order chi connectivity index (χ0) is 15.9. The van der Waals surface area contributed by atoms with Gasteiger partial charge in [-0.3, -0.25) is 4.90 Å². The Kier molecular flexibility index (Phi) is 7.36. The number of rotatable bonds is 8. The number of aliphatic hydroxyl groups is 1. The first-order valence-electron chi connectivity index (χ1n) is 7.84. The van der Waals surface area contributed by atoms with Gasteiger partial charge in [0.15, 0.2) is 0 Å². The van der Waals surface area contributed by atoms with Gasteiger partial charge < -0.3 is 9.84 Å². The van der Waals surface area contributed by atoms with Crippen LogP contribution in [0.25, 0.3) is 0 Å². The number of ether oxygens (including phenoxy) is 1. The molecule has 3 nitrogen and oxygen atoms in total. The fraction of sp³-hybridized carbons (Fsp3) is 0.667. The lowest BCUT2D eigenvalue weighted by molar-refractivity contribution is -0.0573. The smallest absolute Gasteiger partial charge is 0.0900 e. The number of nitrogens with zero attached hydrogens (tertiary/aromatic N) is 1. The second kappa shape index (κ2) is 8.52. The van der Waals surface area contributed by atoms with Gasteiger partial charge in [0.25, 0.3) is 0 Å². The zero-order valence-corrected chi connectivity index (χ0v) is 14.2. The van der Waals surface area contributed by atoms with E-state index in [2.05, 4.69) is 43.0 Å². The van der Waals surface area contributed by atoms with Crippen molar-refractivity contribution in [3.05, 3.63) is 35.9 Å². The average molecular weight is 293 g/mol. The maximum atomic E-state index is 10.2. The molecule has 0 heterocycles. The van der Waals surface area contributed by atoms with E-state index in [9.17, 15) is 5.11 Å². The van der Waals surface area contributed by atoms with Crippen molar-refractivity contribution in [1.29, 1.82) is 0 Å². The van der Waals surface area contributed by atoms with E-state index < -0.39 is 6.10 Å². The maximum Gasteiger partial charge on any atom is 0.0900 e. The van der Waals surface area contributed by atoms with Gasteiger partial charge in [-0.05, 0) is 32.3 Å². The fourth-order valence-corrected chi connectivity index (χ4v) is 2.26. The summed E-state index contributed by atoms with van der Waals surface area (Å²) in [5.41, 5.74) is 1.07. The molecule has 0 aliphatic rings. The van der Waals surface area contributed by atoms with Crippen molar-refractivity contribution in [3.63, 3.8) is 0 Å². The first kappa shape index (κ1) is 18.1. The van der Waals surface area contributed by atoms with Crippen LogP contribution in [0.2, 0.25) is 0 Å². The van der Waals surface area contributed by atoms with Crippen molar-refractivity contribution in [2.24, 2.45) is 5.92 Å². The second-order valence-corrected chi connectivity index (χ2v) is 7.15. The molecule has 0 aromatic heterocycles. The van der Waals surface area contributed by atoms with E-state index in [-0.39, 0.29) is 5.60 Å². The van der Waals surface area contributed by atoms with Crippen LogP contribution in [-0.2, 0) is 11.3 Å². The minimum absolute atomic E-state index is 0.205. The van der Waals surface area contributed by atoms with E-state index in [0.717, 1.165) is 13.1 Å². The molecule has 1 N–H and O–H groups in total. The van der Waals surface area contributed by atoms with Crippen LogP contribution < -0.4 is 0 Å². The van der Waals surface area contributed by atoms with Gasteiger partial charge in [0, 0.05) is 19.6 Å². The zero-order valence-electron chi connectivity index (χ0n) is 14.2. The molecule has 0 spiro atoms. The molecular weight excluding hydrogens is 262 g/mol. The van der Waals surface area contributed by atoms with E-state index in [1.165, 1.54) is 5.56 Å². The summed E-state index contributed by atoms with van der Waals surface area (Å²) in [7, 11) is 0. The molecule has 0 radical (unpaired) electrons. The van der Waals surface area contributed by atoms with Crippen molar-refractivity contribution in [1.82, 2.24) is 4.90 Å². The molecule has 0 aliphatic heterocycles. The molecule has 0 saturated heterocycles. The molecule has 0 bridgehead atoms. The highest BCUT2D eigenvalue weighted by molar-refractivity contribution is 5.14. The van der Waals surface area contributed by atoms with E-state index in [4.69, 9.17) is 4.74 Å². The van der Waals surface area contributed by atoms with Gasteiger partial charge >= 0.3 is 0 Å². The van der Waals surface area contributed by atoms with E-state index in [1.54, 1.807) is 0 Å². The van der Waals surface area contributed by atoms with Gasteiger partial charge in [0.05, 0.1) is 18.3 Å². The molecule has 1 rings (SSSR count). The van der Waals surface area contributed by atoms with Crippen LogP contribution in [0, 0.1) is 5.92 Å². The average Bonchev–Trinajstić information content (AvgIpc) is 2.36. The van der Waals surface area contributed by atoms with Crippen molar-refractivity contribution in [2.75, 3.05) is 19.7 Å². The lowest BCUT2D eigenvalue weighted by Crippen LogP contribution is -2.38. The number of hydrogen-bond donors (Lipinski definition) is 1. The molecule has 21 heavy (non-hydrogen) atoms. The summed E-state index contributed by atoms with van der Waals surface area (Å²) in [4.78, 5) is 2.30. The topological polar surface area (TPSA) is 32.7 Å². The van der Waals surface area contributed by atoms with Gasteiger partial charge in [-0.1, -0.05) is 44.2 Å². The second-order valence-electron chi connectivity index (χ2n) is 7.15. The van der Waals surface area contributed by atoms with Crippen molar-refractivity contribution < 1.29 is 9.84 Å². The van der Waals surface area contributed by atoms with Crippen LogP contribution in [0.1, 0.15) is 40.2 Å². The predicted octanol–water partition coefficient (Wildman–Crippen LogP) is 3.32. The minimum Gasteiger partial charge on any atom is -0.389 e. The Balaban J connectivity index is 2.53. The van der Waals surface area contributed by atoms with Crippen LogP contribution in [-0.4, -0.2) is 41.4 Å². The molecule has 1 aromatic rings. The van der Waals surface area contributed by atoms with Crippen LogP contribution in [0.5, 0.6) is 0 Å². The number of benzene rings is 1. The van der Waals surface area contributed by atoms with Gasteiger partial charge in [0.1, 0.15) is 0 Å². The third kappa shape index (κ3) is 8.86. The molecule has 0 aliphatic carbocycles. The monoisotopic (exact) mass is 293 g/mol. The van der Waals surface area contributed by atoms with Gasteiger partial charge in [-0.15, -0.1) is 0 Å². The van der Waals surface area contributed by atoms with Crippen molar-refractivity contribution >= 4 is 0 Å². The summed E-state index contributed by atoms with van der Waals surface area (Å²) < 4.78 is 5.67. The van der Waals surface area contributed by atoms with Crippen LogP contribution in [0.4, 0.5) is 0 Å². The quantitative estimate of drug-likeness (QED) is 0.798. The highest BCUT2D eigenvalue weighted by Crippen LogP contribution is 2.11. The highest BCUT2D eigenvalue weighted by Gasteiger charge is 2.17. The Hall–Kier alpha value is -0.900. The maximum absolute atomic E-state index is 10.2. The van der Waals surface area contributed by atoms with Gasteiger partial charge in [-0.25, -0.2) is 0 Å². The van der Waals surface area contributed by atoms with Gasteiger partial charge in [-0.2, -0.15) is 0 Å². The molecule has 1 aromatic carbocycles. The lowest BCUT2D eigenvalue weighted by Gasteiger charge is -2.28. The molecule has 1 atom stereocenters. The van der Waals surface area contributed by atoms with E-state index in [1.807, 2.05) is 26.8 Å². The summed E-state index contributed by atoms with van der Waals surface area (Å²) in [5, 5.41) is 10.2. The molecule has 3 heteroatoms. The number of hydrogen-bond acceptors (Lipinski definition) is 3. The SMILES string of the molecule is CC(C)CN(Cc1ccccc1)C[C@@H](O)COC(C)(C)C.